The molecular weight excluding hydrogens is 284 g/mol. The summed E-state index contributed by atoms with van der Waals surface area (Å²) in [5.74, 6) is 1.67. The lowest BCUT2D eigenvalue weighted by molar-refractivity contribution is -0.0122. The Balaban J connectivity index is 1.44. The van der Waals surface area contributed by atoms with Crippen LogP contribution in [-0.4, -0.2) is 35.1 Å². The molecule has 23 heavy (non-hydrogen) atoms. The largest absolute Gasteiger partial charge is 0.472 e. The number of ether oxygens (including phenoxy) is 1. The van der Waals surface area contributed by atoms with E-state index in [1.54, 1.807) is 0 Å². The lowest BCUT2D eigenvalue weighted by Gasteiger charge is -2.43. The van der Waals surface area contributed by atoms with Gasteiger partial charge in [0.1, 0.15) is 6.10 Å². The first-order valence-electron chi connectivity index (χ1n) is 9.37. The molecule has 0 bridgehead atoms. The van der Waals surface area contributed by atoms with E-state index in [1.807, 2.05) is 12.3 Å². The van der Waals surface area contributed by atoms with E-state index < -0.39 is 0 Å². The maximum Gasteiger partial charge on any atom is 0.213 e. The molecule has 0 aromatic carbocycles. The smallest absolute Gasteiger partial charge is 0.213 e. The summed E-state index contributed by atoms with van der Waals surface area (Å²) in [4.78, 5) is 7.03. The van der Waals surface area contributed by atoms with Crippen LogP contribution in [0.25, 0.3) is 0 Å². The molecule has 1 aliphatic heterocycles. The van der Waals surface area contributed by atoms with Gasteiger partial charge in [0.2, 0.25) is 5.88 Å². The molecule has 2 aliphatic rings. The van der Waals surface area contributed by atoms with Crippen LogP contribution in [0.4, 0.5) is 0 Å². The van der Waals surface area contributed by atoms with Crippen LogP contribution in [0, 0.1) is 11.3 Å². The van der Waals surface area contributed by atoms with Gasteiger partial charge in [-0.3, -0.25) is 4.90 Å². The molecule has 0 amide bonds. The highest BCUT2D eigenvalue weighted by molar-refractivity contribution is 5.18. The quantitative estimate of drug-likeness (QED) is 0.782. The van der Waals surface area contributed by atoms with Gasteiger partial charge in [-0.25, -0.2) is 4.98 Å². The van der Waals surface area contributed by atoms with Crippen molar-refractivity contribution < 1.29 is 4.74 Å². The van der Waals surface area contributed by atoms with E-state index in [-0.39, 0.29) is 0 Å². The van der Waals surface area contributed by atoms with Gasteiger partial charge < -0.3 is 4.74 Å². The Hall–Kier alpha value is -1.09. The van der Waals surface area contributed by atoms with Crippen LogP contribution in [0.5, 0.6) is 5.88 Å². The average Bonchev–Trinajstić information content (AvgIpc) is 3.01. The number of hydrogen-bond donors (Lipinski definition) is 0. The maximum atomic E-state index is 6.00. The third-order valence-corrected chi connectivity index (χ3v) is 6.31. The topological polar surface area (TPSA) is 25.4 Å². The minimum Gasteiger partial charge on any atom is -0.472 e. The zero-order valence-electron chi connectivity index (χ0n) is 15.2. The van der Waals surface area contributed by atoms with E-state index in [4.69, 9.17) is 4.74 Å². The Morgan fingerprint density at radius 1 is 1.22 bits per heavy atom. The van der Waals surface area contributed by atoms with Gasteiger partial charge in [0.25, 0.3) is 0 Å². The van der Waals surface area contributed by atoms with Crippen molar-refractivity contribution in [3.05, 3.63) is 23.9 Å². The predicted octanol–water partition coefficient (Wildman–Crippen LogP) is 4.31. The zero-order valence-corrected chi connectivity index (χ0v) is 15.2. The Labute approximate surface area is 141 Å². The molecule has 1 saturated carbocycles. The van der Waals surface area contributed by atoms with Crippen LogP contribution >= 0.6 is 0 Å². The molecule has 2 atom stereocenters. The SMILES string of the molecule is CCc1ccc(OC2CN(C3CCC(C(C)(C)CC)C3)C2)nc1. The van der Waals surface area contributed by atoms with Crippen molar-refractivity contribution in [2.75, 3.05) is 13.1 Å². The fourth-order valence-corrected chi connectivity index (χ4v) is 3.99. The molecule has 1 saturated heterocycles. The minimum absolute atomic E-state index is 0.327. The maximum absolute atomic E-state index is 6.00. The van der Waals surface area contributed by atoms with Crippen molar-refractivity contribution in [2.45, 2.75) is 71.9 Å². The molecule has 2 unspecified atom stereocenters. The molecule has 0 spiro atoms. The number of pyridine rings is 1. The standard InChI is InChI=1S/C20H32N2O/c1-5-15-7-10-19(21-12-15)23-18-13-22(14-18)17-9-8-16(11-17)20(3,4)6-2/h7,10,12,16-18H,5-6,8-9,11,13-14H2,1-4H3. The molecule has 0 N–H and O–H groups in total. The second-order valence-electron chi connectivity index (χ2n) is 8.06. The van der Waals surface area contributed by atoms with Gasteiger partial charge in [-0.2, -0.15) is 0 Å². The Morgan fingerprint density at radius 3 is 2.61 bits per heavy atom. The Morgan fingerprint density at radius 2 is 2.00 bits per heavy atom. The lowest BCUT2D eigenvalue weighted by atomic mass is 9.75. The van der Waals surface area contributed by atoms with Crippen LogP contribution in [0.3, 0.4) is 0 Å². The molecule has 128 valence electrons. The first kappa shape index (κ1) is 16.8. The van der Waals surface area contributed by atoms with Crippen molar-refractivity contribution in [3.63, 3.8) is 0 Å². The fourth-order valence-electron chi connectivity index (χ4n) is 3.99. The molecule has 1 aromatic rings. The van der Waals surface area contributed by atoms with Gasteiger partial charge in [0, 0.05) is 31.4 Å². The van der Waals surface area contributed by atoms with Gasteiger partial charge in [-0.15, -0.1) is 0 Å². The zero-order chi connectivity index (χ0) is 16.4. The number of hydrogen-bond acceptors (Lipinski definition) is 3. The molecule has 1 aliphatic carbocycles. The highest BCUT2D eigenvalue weighted by Gasteiger charge is 2.41. The fraction of sp³-hybridized carbons (Fsp3) is 0.750. The Kier molecular flexibility index (Phi) is 4.96. The summed E-state index contributed by atoms with van der Waals surface area (Å²) in [6.07, 6.45) is 8.71. The van der Waals surface area contributed by atoms with E-state index >= 15 is 0 Å². The van der Waals surface area contributed by atoms with Crippen LogP contribution in [0.15, 0.2) is 18.3 Å². The minimum atomic E-state index is 0.327. The Bertz CT molecular complexity index is 505. The van der Waals surface area contributed by atoms with Crippen LogP contribution < -0.4 is 4.74 Å². The summed E-state index contributed by atoms with van der Waals surface area (Å²) in [5, 5.41) is 0. The monoisotopic (exact) mass is 316 g/mol. The summed E-state index contributed by atoms with van der Waals surface area (Å²) < 4.78 is 6.00. The first-order chi connectivity index (χ1) is 11.0. The molecule has 2 heterocycles. The summed E-state index contributed by atoms with van der Waals surface area (Å²) in [7, 11) is 0. The van der Waals surface area contributed by atoms with Crippen molar-refractivity contribution in [1.29, 1.82) is 0 Å². The molecule has 1 aromatic heterocycles. The van der Waals surface area contributed by atoms with Crippen LogP contribution in [0.1, 0.15) is 58.9 Å². The van der Waals surface area contributed by atoms with Crippen molar-refractivity contribution in [1.82, 2.24) is 9.88 Å². The van der Waals surface area contributed by atoms with E-state index in [1.165, 1.54) is 31.2 Å². The highest BCUT2D eigenvalue weighted by Crippen LogP contribution is 2.44. The first-order valence-corrected chi connectivity index (χ1v) is 9.37. The molecule has 0 radical (unpaired) electrons. The summed E-state index contributed by atoms with van der Waals surface area (Å²) in [6, 6.07) is 4.91. The van der Waals surface area contributed by atoms with Gasteiger partial charge in [0.15, 0.2) is 0 Å². The van der Waals surface area contributed by atoms with Gasteiger partial charge >= 0.3 is 0 Å². The third-order valence-electron chi connectivity index (χ3n) is 6.31. The molecule has 2 fully saturated rings. The molecular formula is C20H32N2O. The third kappa shape index (κ3) is 3.71. The molecule has 3 nitrogen and oxygen atoms in total. The molecule has 3 rings (SSSR count). The number of nitrogens with zero attached hydrogens (tertiary/aromatic N) is 2. The summed E-state index contributed by atoms with van der Waals surface area (Å²) in [5.41, 5.74) is 1.77. The lowest BCUT2D eigenvalue weighted by Crippen LogP contribution is -2.57. The number of aryl methyl sites for hydroxylation is 1. The van der Waals surface area contributed by atoms with E-state index in [2.05, 4.69) is 43.6 Å². The normalized spacial score (nSPS) is 26.3. The van der Waals surface area contributed by atoms with Gasteiger partial charge in [-0.1, -0.05) is 40.2 Å². The summed E-state index contributed by atoms with van der Waals surface area (Å²) in [6.45, 7) is 11.5. The second-order valence-corrected chi connectivity index (χ2v) is 8.06. The van der Waals surface area contributed by atoms with Gasteiger partial charge in [-0.05, 0) is 42.6 Å². The number of rotatable bonds is 6. The van der Waals surface area contributed by atoms with Gasteiger partial charge in [0.05, 0.1) is 0 Å². The second kappa shape index (κ2) is 6.80. The molecule has 3 heteroatoms. The van der Waals surface area contributed by atoms with Crippen molar-refractivity contribution in [3.8, 4) is 5.88 Å². The highest BCUT2D eigenvalue weighted by atomic mass is 16.5. The van der Waals surface area contributed by atoms with Crippen LogP contribution in [-0.2, 0) is 6.42 Å². The van der Waals surface area contributed by atoms with E-state index in [0.717, 1.165) is 37.4 Å². The predicted molar refractivity (Wildman–Crippen MR) is 94.8 cm³/mol. The van der Waals surface area contributed by atoms with Crippen molar-refractivity contribution >= 4 is 0 Å². The number of aromatic nitrogens is 1. The van der Waals surface area contributed by atoms with E-state index in [0.29, 0.717) is 11.5 Å². The average molecular weight is 316 g/mol. The van der Waals surface area contributed by atoms with Crippen molar-refractivity contribution in [2.24, 2.45) is 11.3 Å². The van der Waals surface area contributed by atoms with E-state index in [9.17, 15) is 0 Å². The summed E-state index contributed by atoms with van der Waals surface area (Å²) >= 11 is 0. The van der Waals surface area contributed by atoms with Crippen LogP contribution in [0.2, 0.25) is 0 Å². The number of likely N-dealkylation sites (tertiary alicyclic amines) is 1.